The second-order valence-electron chi connectivity index (χ2n) is 8.20. The van der Waals surface area contributed by atoms with Crippen LogP contribution in [0.15, 0.2) is 24.8 Å². The zero-order valence-corrected chi connectivity index (χ0v) is 16.7. The van der Waals surface area contributed by atoms with E-state index in [1.54, 1.807) is 6.07 Å². The predicted molar refractivity (Wildman–Crippen MR) is 103 cm³/mol. The molecule has 1 fully saturated rings. The molecule has 1 aliphatic carbocycles. The van der Waals surface area contributed by atoms with Crippen molar-refractivity contribution in [1.29, 1.82) is 0 Å². The van der Waals surface area contributed by atoms with Crippen molar-refractivity contribution in [1.82, 2.24) is 19.9 Å². The minimum atomic E-state index is -2.05. The van der Waals surface area contributed by atoms with Crippen molar-refractivity contribution in [3.8, 4) is 5.75 Å². The smallest absolute Gasteiger partial charge is 0.288 e. The Balaban J connectivity index is 1.67. The topological polar surface area (TPSA) is 72.6 Å². The fraction of sp³-hybridized carbons (Fsp3) is 0.450. The largest absolute Gasteiger partial charge is 0.485 e. The van der Waals surface area contributed by atoms with Crippen molar-refractivity contribution in [3.63, 3.8) is 0 Å². The molecule has 0 N–H and O–H groups in total. The zero-order chi connectivity index (χ0) is 22.1. The molecule has 2 aromatic heterocycles. The standard InChI is InChI=1S/C20H20ClN5O2/c1-19(2)17(26-9-14-12(16(26)27)8-23-10-25-14)20(3,4)18(19)28-11-6-13(21)15(22-5)24-7-11/h6-8,10,17-18H,9H2,1-4H3/i9D2. The second-order valence-corrected chi connectivity index (χ2v) is 8.61. The minimum Gasteiger partial charge on any atom is -0.485 e. The Morgan fingerprint density at radius 3 is 2.64 bits per heavy atom. The van der Waals surface area contributed by atoms with Crippen molar-refractivity contribution >= 4 is 23.3 Å². The fourth-order valence-electron chi connectivity index (χ4n) is 4.82. The molecule has 4 rings (SSSR count). The van der Waals surface area contributed by atoms with Crippen LogP contribution >= 0.6 is 11.6 Å². The van der Waals surface area contributed by atoms with Crippen molar-refractivity contribution in [3.05, 3.63) is 52.5 Å². The number of amides is 1. The Bertz CT molecular complexity index is 1080. The van der Waals surface area contributed by atoms with Crippen molar-refractivity contribution < 1.29 is 12.3 Å². The normalized spacial score (nSPS) is 27.1. The van der Waals surface area contributed by atoms with Gasteiger partial charge in [-0.3, -0.25) is 4.79 Å². The van der Waals surface area contributed by atoms with Crippen LogP contribution in [0.4, 0.5) is 5.82 Å². The van der Waals surface area contributed by atoms with Crippen LogP contribution in [0.1, 0.15) is 46.5 Å². The molecule has 144 valence electrons. The number of fused-ring (bicyclic) bond motifs is 1. The molecule has 2 aliphatic rings. The summed E-state index contributed by atoms with van der Waals surface area (Å²) >= 11 is 6.09. The molecular weight excluding hydrogens is 378 g/mol. The molecule has 0 spiro atoms. The first kappa shape index (κ1) is 16.3. The molecule has 1 amide bonds. The number of rotatable bonds is 3. The van der Waals surface area contributed by atoms with Gasteiger partial charge in [0.05, 0.1) is 25.5 Å². The molecule has 7 nitrogen and oxygen atoms in total. The van der Waals surface area contributed by atoms with Crippen molar-refractivity contribution in [2.75, 3.05) is 0 Å². The monoisotopic (exact) mass is 399 g/mol. The van der Waals surface area contributed by atoms with E-state index < -0.39 is 29.3 Å². The first-order valence-corrected chi connectivity index (χ1v) is 9.15. The van der Waals surface area contributed by atoms with Crippen LogP contribution in [0.3, 0.4) is 0 Å². The van der Waals surface area contributed by atoms with Gasteiger partial charge in [0.25, 0.3) is 11.7 Å². The lowest BCUT2D eigenvalue weighted by atomic mass is 9.49. The maximum Gasteiger partial charge on any atom is 0.288 e. The molecule has 0 bridgehead atoms. The van der Waals surface area contributed by atoms with Gasteiger partial charge >= 0.3 is 0 Å². The maximum atomic E-state index is 13.1. The Morgan fingerprint density at radius 2 is 2.04 bits per heavy atom. The lowest BCUT2D eigenvalue weighted by molar-refractivity contribution is -0.199. The van der Waals surface area contributed by atoms with Crippen LogP contribution in [0.25, 0.3) is 4.85 Å². The van der Waals surface area contributed by atoms with Crippen LogP contribution in [0.2, 0.25) is 5.02 Å². The van der Waals surface area contributed by atoms with Gasteiger partial charge in [-0.1, -0.05) is 45.9 Å². The number of carbonyl (C=O) groups is 1. The summed E-state index contributed by atoms with van der Waals surface area (Å²) in [6.45, 7) is 12.8. The van der Waals surface area contributed by atoms with Crippen LogP contribution in [-0.2, 0) is 6.50 Å². The van der Waals surface area contributed by atoms with Crippen LogP contribution in [0, 0.1) is 17.4 Å². The highest BCUT2D eigenvalue weighted by Gasteiger charge is 2.67. The molecule has 0 atom stereocenters. The third-order valence-electron chi connectivity index (χ3n) is 5.56. The molecule has 8 heteroatoms. The summed E-state index contributed by atoms with van der Waals surface area (Å²) in [7, 11) is 0. The van der Waals surface area contributed by atoms with E-state index in [0.29, 0.717) is 5.75 Å². The van der Waals surface area contributed by atoms with Crippen LogP contribution in [0.5, 0.6) is 5.75 Å². The first-order valence-electron chi connectivity index (χ1n) is 9.77. The Morgan fingerprint density at radius 1 is 1.32 bits per heavy atom. The van der Waals surface area contributed by atoms with E-state index >= 15 is 0 Å². The summed E-state index contributed by atoms with van der Waals surface area (Å²) in [5.74, 6) is 0.0944. The Kier molecular flexibility index (Phi) is 3.57. The van der Waals surface area contributed by atoms with Gasteiger partial charge in [0.1, 0.15) is 12.4 Å². The van der Waals surface area contributed by atoms with E-state index in [1.807, 2.05) is 27.7 Å². The molecule has 1 aliphatic heterocycles. The average molecular weight is 400 g/mol. The van der Waals surface area contributed by atoms with E-state index in [4.69, 9.17) is 25.7 Å². The summed E-state index contributed by atoms with van der Waals surface area (Å²) in [5, 5.41) is 0.203. The van der Waals surface area contributed by atoms with Crippen LogP contribution in [-0.4, -0.2) is 37.9 Å². The number of halogens is 1. The quantitative estimate of drug-likeness (QED) is 0.731. The number of hydrogen-bond acceptors (Lipinski definition) is 5. The number of pyridine rings is 1. The molecule has 1 saturated carbocycles. The zero-order valence-electron chi connectivity index (χ0n) is 17.9. The van der Waals surface area contributed by atoms with Crippen molar-refractivity contribution in [2.24, 2.45) is 10.8 Å². The first-order chi connectivity index (χ1) is 13.9. The number of ether oxygens (including phenoxy) is 1. The molecular formula is C20H20ClN5O2. The van der Waals surface area contributed by atoms with Gasteiger partial charge in [0, 0.05) is 23.1 Å². The highest BCUT2D eigenvalue weighted by atomic mass is 35.5. The van der Waals surface area contributed by atoms with Gasteiger partial charge in [-0.05, 0) is 6.07 Å². The average Bonchev–Trinajstić information content (AvgIpc) is 2.87. The maximum absolute atomic E-state index is 13.1. The molecule has 0 radical (unpaired) electrons. The van der Waals surface area contributed by atoms with Gasteiger partial charge in [-0.2, -0.15) is 0 Å². The van der Waals surface area contributed by atoms with Gasteiger partial charge in [0.15, 0.2) is 11.9 Å². The minimum absolute atomic E-state index is 0.0872. The summed E-state index contributed by atoms with van der Waals surface area (Å²) in [6.07, 6.45) is 3.71. The van der Waals surface area contributed by atoms with E-state index in [1.165, 1.54) is 23.6 Å². The third-order valence-corrected chi connectivity index (χ3v) is 5.84. The van der Waals surface area contributed by atoms with Gasteiger partial charge < -0.3 is 14.5 Å². The van der Waals surface area contributed by atoms with E-state index in [2.05, 4.69) is 19.8 Å². The van der Waals surface area contributed by atoms with E-state index in [9.17, 15) is 4.79 Å². The fourth-order valence-corrected chi connectivity index (χ4v) is 5.02. The summed E-state index contributed by atoms with van der Waals surface area (Å²) in [4.78, 5) is 29.6. The highest BCUT2D eigenvalue weighted by molar-refractivity contribution is 6.33. The molecule has 0 aromatic carbocycles. The number of aromatic nitrogens is 3. The lowest BCUT2D eigenvalue weighted by Gasteiger charge is -2.65. The third kappa shape index (κ3) is 2.55. The Labute approximate surface area is 171 Å². The van der Waals surface area contributed by atoms with Crippen LogP contribution < -0.4 is 4.74 Å². The van der Waals surface area contributed by atoms with E-state index in [-0.39, 0.29) is 28.2 Å². The second kappa shape index (κ2) is 6.14. The molecule has 0 unspecified atom stereocenters. The number of carbonyl (C=O) groups excluding carboxylic acids is 1. The lowest BCUT2D eigenvalue weighted by Crippen LogP contribution is -2.74. The molecule has 0 saturated heterocycles. The number of hydrogen-bond donors (Lipinski definition) is 0. The summed E-state index contributed by atoms with van der Waals surface area (Å²) in [6, 6.07) is 1.09. The van der Waals surface area contributed by atoms with Gasteiger partial charge in [-0.25, -0.2) is 9.97 Å². The molecule has 2 aromatic rings. The molecule has 28 heavy (non-hydrogen) atoms. The number of nitrogens with zero attached hydrogens (tertiary/aromatic N) is 5. The van der Waals surface area contributed by atoms with Gasteiger partial charge in [0.2, 0.25) is 0 Å². The Hall–Kier alpha value is -2.72. The van der Waals surface area contributed by atoms with E-state index in [0.717, 1.165) is 0 Å². The predicted octanol–water partition coefficient (Wildman–Crippen LogP) is 3.91. The highest BCUT2D eigenvalue weighted by Crippen LogP contribution is 2.59. The van der Waals surface area contributed by atoms with Gasteiger partial charge in [-0.15, -0.1) is 4.98 Å². The summed E-state index contributed by atoms with van der Waals surface area (Å²) < 4.78 is 23.4. The summed E-state index contributed by atoms with van der Waals surface area (Å²) in [5.41, 5.74) is -0.909. The van der Waals surface area contributed by atoms with Crippen molar-refractivity contribution in [2.45, 2.75) is 46.3 Å². The SMILES string of the molecule is [2H]C1([2H])c2ncncc2C(=O)N1C1C(C)(C)C(Oc2cnc([N+]#[C-])c(Cl)c2)C1(C)C. The molecule has 3 heterocycles.